The average molecular weight is 436 g/mol. The molecule has 1 saturated heterocycles. The second-order valence-electron chi connectivity index (χ2n) is 6.91. The van der Waals surface area contributed by atoms with E-state index in [-0.39, 0.29) is 17.1 Å². The Morgan fingerprint density at radius 2 is 1.97 bits per heavy atom. The van der Waals surface area contributed by atoms with Gasteiger partial charge in [0.2, 0.25) is 10.0 Å². The SMILES string of the molecule is CCOC(=O)c1ccc(N2CCCN(S(=O)(=O)c3cc(C(N)=O)n(C)c3)CC2)nc1. The molecule has 2 N–H and O–H groups in total. The fourth-order valence-electron chi connectivity index (χ4n) is 3.34. The van der Waals surface area contributed by atoms with Gasteiger partial charge in [-0.1, -0.05) is 0 Å². The summed E-state index contributed by atoms with van der Waals surface area (Å²) in [6.45, 7) is 3.71. The van der Waals surface area contributed by atoms with E-state index in [0.717, 1.165) is 0 Å². The van der Waals surface area contributed by atoms with Gasteiger partial charge in [0.25, 0.3) is 5.91 Å². The predicted octanol–water partition coefficient (Wildman–Crippen LogP) is 0.597. The fourth-order valence-corrected chi connectivity index (χ4v) is 4.88. The van der Waals surface area contributed by atoms with Crippen LogP contribution in [-0.4, -0.2) is 66.9 Å². The number of pyridine rings is 1. The Hall–Kier alpha value is -2.92. The van der Waals surface area contributed by atoms with Crippen LogP contribution >= 0.6 is 0 Å². The molecule has 10 nitrogen and oxygen atoms in total. The molecule has 162 valence electrons. The Morgan fingerprint density at radius 3 is 2.57 bits per heavy atom. The molecule has 0 bridgehead atoms. The summed E-state index contributed by atoms with van der Waals surface area (Å²) in [7, 11) is -2.18. The van der Waals surface area contributed by atoms with Gasteiger partial charge in [0.05, 0.1) is 12.2 Å². The van der Waals surface area contributed by atoms with Crippen LogP contribution in [0.5, 0.6) is 0 Å². The maximum Gasteiger partial charge on any atom is 0.339 e. The van der Waals surface area contributed by atoms with Crippen molar-refractivity contribution < 1.29 is 22.7 Å². The number of carbonyl (C=O) groups is 2. The molecule has 1 fully saturated rings. The molecule has 1 amide bonds. The van der Waals surface area contributed by atoms with Crippen molar-refractivity contribution in [2.45, 2.75) is 18.2 Å². The lowest BCUT2D eigenvalue weighted by molar-refractivity contribution is 0.0525. The van der Waals surface area contributed by atoms with Crippen LogP contribution in [0.15, 0.2) is 35.5 Å². The zero-order valence-electron chi connectivity index (χ0n) is 16.9. The van der Waals surface area contributed by atoms with E-state index in [9.17, 15) is 18.0 Å². The van der Waals surface area contributed by atoms with Crippen molar-refractivity contribution in [2.24, 2.45) is 12.8 Å². The number of amides is 1. The summed E-state index contributed by atoms with van der Waals surface area (Å²) >= 11 is 0. The highest BCUT2D eigenvalue weighted by Gasteiger charge is 2.29. The lowest BCUT2D eigenvalue weighted by Crippen LogP contribution is -2.35. The number of aryl methyl sites for hydroxylation is 1. The van der Waals surface area contributed by atoms with Crippen molar-refractivity contribution >= 4 is 27.7 Å². The highest BCUT2D eigenvalue weighted by molar-refractivity contribution is 7.89. The van der Waals surface area contributed by atoms with Crippen LogP contribution < -0.4 is 10.6 Å². The Labute approximate surface area is 175 Å². The molecule has 0 atom stereocenters. The molecular weight excluding hydrogens is 410 g/mol. The van der Waals surface area contributed by atoms with Gasteiger partial charge in [0.15, 0.2) is 0 Å². The molecule has 3 rings (SSSR count). The normalized spacial score (nSPS) is 15.6. The molecule has 2 aromatic heterocycles. The van der Waals surface area contributed by atoms with Crippen LogP contribution in [0.4, 0.5) is 5.82 Å². The molecule has 11 heteroatoms. The Kier molecular flexibility index (Phi) is 6.42. The standard InChI is InChI=1S/C19H25N5O5S/c1-3-29-19(26)14-5-6-17(21-12-14)23-7-4-8-24(10-9-23)30(27,28)15-11-16(18(20)25)22(2)13-15/h5-6,11-13H,3-4,7-10H2,1-2H3,(H2,20,25). The molecule has 1 aliphatic rings. The van der Waals surface area contributed by atoms with Crippen LogP contribution in [-0.2, 0) is 21.8 Å². The molecule has 1 aliphatic heterocycles. The van der Waals surface area contributed by atoms with E-state index in [1.807, 2.05) is 4.90 Å². The fraction of sp³-hybridized carbons (Fsp3) is 0.421. The van der Waals surface area contributed by atoms with Gasteiger partial charge in [-0.25, -0.2) is 18.2 Å². The van der Waals surface area contributed by atoms with E-state index in [2.05, 4.69) is 4.98 Å². The minimum absolute atomic E-state index is 0.0455. The third kappa shape index (κ3) is 4.46. The first-order valence-electron chi connectivity index (χ1n) is 9.58. The molecule has 0 radical (unpaired) electrons. The van der Waals surface area contributed by atoms with Crippen LogP contribution in [0.25, 0.3) is 0 Å². The molecule has 30 heavy (non-hydrogen) atoms. The predicted molar refractivity (Wildman–Crippen MR) is 110 cm³/mol. The largest absolute Gasteiger partial charge is 0.462 e. The minimum Gasteiger partial charge on any atom is -0.462 e. The number of esters is 1. The van der Waals surface area contributed by atoms with Gasteiger partial charge in [-0.15, -0.1) is 0 Å². The Bertz CT molecular complexity index is 1030. The maximum atomic E-state index is 13.0. The van der Waals surface area contributed by atoms with Crippen molar-refractivity contribution in [1.82, 2.24) is 13.9 Å². The summed E-state index contributed by atoms with van der Waals surface area (Å²) in [6, 6.07) is 4.68. The number of hydrogen-bond donors (Lipinski definition) is 1. The molecule has 0 spiro atoms. The van der Waals surface area contributed by atoms with E-state index >= 15 is 0 Å². The van der Waals surface area contributed by atoms with Crippen LogP contribution in [0, 0.1) is 0 Å². The quantitative estimate of drug-likeness (QED) is 0.658. The topological polar surface area (TPSA) is 128 Å². The lowest BCUT2D eigenvalue weighted by Gasteiger charge is -2.22. The number of aromatic nitrogens is 2. The first kappa shape index (κ1) is 21.8. The van der Waals surface area contributed by atoms with Crippen molar-refractivity contribution in [3.8, 4) is 0 Å². The first-order valence-corrected chi connectivity index (χ1v) is 11.0. The number of nitrogens with zero attached hydrogens (tertiary/aromatic N) is 4. The summed E-state index contributed by atoms with van der Waals surface area (Å²) in [5.74, 6) is -0.445. The smallest absolute Gasteiger partial charge is 0.339 e. The summed E-state index contributed by atoms with van der Waals surface area (Å²) in [6.07, 6.45) is 3.46. The monoisotopic (exact) mass is 435 g/mol. The first-order chi connectivity index (χ1) is 14.2. The van der Waals surface area contributed by atoms with Crippen molar-refractivity contribution in [3.05, 3.63) is 41.9 Å². The van der Waals surface area contributed by atoms with E-state index < -0.39 is 21.9 Å². The van der Waals surface area contributed by atoms with Gasteiger partial charge in [-0.2, -0.15) is 4.31 Å². The van der Waals surface area contributed by atoms with Crippen LogP contribution in [0.2, 0.25) is 0 Å². The van der Waals surface area contributed by atoms with Crippen LogP contribution in [0.1, 0.15) is 34.2 Å². The molecule has 0 aliphatic carbocycles. The molecule has 0 aromatic carbocycles. The van der Waals surface area contributed by atoms with Gasteiger partial charge in [-0.05, 0) is 31.5 Å². The van der Waals surface area contributed by atoms with Gasteiger partial charge < -0.3 is 19.9 Å². The lowest BCUT2D eigenvalue weighted by atomic mass is 10.2. The van der Waals surface area contributed by atoms with E-state index in [0.29, 0.717) is 44.0 Å². The Morgan fingerprint density at radius 1 is 1.20 bits per heavy atom. The zero-order chi connectivity index (χ0) is 21.9. The summed E-state index contributed by atoms with van der Waals surface area (Å²) in [5.41, 5.74) is 5.80. The van der Waals surface area contributed by atoms with Crippen molar-refractivity contribution in [1.29, 1.82) is 0 Å². The maximum absolute atomic E-state index is 13.0. The number of ether oxygens (including phenoxy) is 1. The number of sulfonamides is 1. The zero-order valence-corrected chi connectivity index (χ0v) is 17.8. The number of hydrogen-bond acceptors (Lipinski definition) is 7. The highest BCUT2D eigenvalue weighted by atomic mass is 32.2. The minimum atomic E-state index is -3.75. The third-order valence-corrected chi connectivity index (χ3v) is 6.77. The average Bonchev–Trinajstić information content (AvgIpc) is 2.95. The van der Waals surface area contributed by atoms with E-state index in [4.69, 9.17) is 10.5 Å². The second kappa shape index (κ2) is 8.84. The highest BCUT2D eigenvalue weighted by Crippen LogP contribution is 2.22. The summed E-state index contributed by atoms with van der Waals surface area (Å²) in [4.78, 5) is 29.6. The number of rotatable bonds is 6. The molecular formula is C19H25N5O5S. The van der Waals surface area contributed by atoms with E-state index in [1.54, 1.807) is 26.1 Å². The van der Waals surface area contributed by atoms with Gasteiger partial charge in [0, 0.05) is 45.6 Å². The number of primary amides is 1. The molecule has 2 aromatic rings. The van der Waals surface area contributed by atoms with E-state index in [1.165, 1.54) is 27.3 Å². The summed E-state index contributed by atoms with van der Waals surface area (Å²) < 4.78 is 33.8. The van der Waals surface area contributed by atoms with Gasteiger partial charge in [0.1, 0.15) is 16.4 Å². The van der Waals surface area contributed by atoms with Gasteiger partial charge in [-0.3, -0.25) is 4.79 Å². The van der Waals surface area contributed by atoms with Gasteiger partial charge >= 0.3 is 5.97 Å². The summed E-state index contributed by atoms with van der Waals surface area (Å²) in [5, 5.41) is 0. The molecule has 0 unspecified atom stereocenters. The molecule has 0 saturated carbocycles. The second-order valence-corrected chi connectivity index (χ2v) is 8.84. The number of carbonyl (C=O) groups excluding carboxylic acids is 2. The van der Waals surface area contributed by atoms with Crippen LogP contribution in [0.3, 0.4) is 0 Å². The Balaban J connectivity index is 1.72. The number of anilines is 1. The van der Waals surface area contributed by atoms with Crippen molar-refractivity contribution in [3.63, 3.8) is 0 Å². The molecule has 3 heterocycles. The van der Waals surface area contributed by atoms with Crippen molar-refractivity contribution in [2.75, 3.05) is 37.7 Å². The number of nitrogens with two attached hydrogens (primary N) is 1. The third-order valence-electron chi connectivity index (χ3n) is 4.91.